The van der Waals surface area contributed by atoms with Crippen molar-refractivity contribution in [3.8, 4) is 0 Å². The topological polar surface area (TPSA) is 112 Å². The van der Waals surface area contributed by atoms with Gasteiger partial charge in [0.1, 0.15) is 22.1 Å². The Morgan fingerprint density at radius 2 is 1.85 bits per heavy atom. The molecular formula is C22H22F4N4O3S. The highest BCUT2D eigenvalue weighted by Gasteiger charge is 2.57. The average Bonchev–Trinajstić information content (AvgIpc) is 3.25. The van der Waals surface area contributed by atoms with Crippen molar-refractivity contribution in [1.29, 1.82) is 5.41 Å². The maximum atomic E-state index is 14.8. The first-order valence-corrected chi connectivity index (χ1v) is 12.2. The molecule has 34 heavy (non-hydrogen) atoms. The van der Waals surface area contributed by atoms with E-state index in [2.05, 4.69) is 15.6 Å². The van der Waals surface area contributed by atoms with Crippen molar-refractivity contribution in [1.82, 2.24) is 10.3 Å². The Hall–Kier alpha value is -3.02. The van der Waals surface area contributed by atoms with Gasteiger partial charge >= 0.3 is 6.18 Å². The molecule has 12 heteroatoms. The van der Waals surface area contributed by atoms with E-state index in [9.17, 15) is 30.8 Å². The first-order valence-electron chi connectivity index (χ1n) is 10.5. The lowest BCUT2D eigenvalue weighted by Gasteiger charge is -2.44. The number of benzene rings is 1. The van der Waals surface area contributed by atoms with Crippen molar-refractivity contribution in [3.63, 3.8) is 0 Å². The number of pyridine rings is 1. The summed E-state index contributed by atoms with van der Waals surface area (Å²) >= 11 is 0. The number of carbonyl (C=O) groups is 1. The van der Waals surface area contributed by atoms with Gasteiger partial charge in [-0.05, 0) is 50.1 Å². The molecule has 2 aromatic rings. The molecule has 1 spiro atoms. The summed E-state index contributed by atoms with van der Waals surface area (Å²) in [5.74, 6) is -2.15. The first kappa shape index (κ1) is 24.1. The van der Waals surface area contributed by atoms with E-state index in [1.165, 1.54) is 19.1 Å². The van der Waals surface area contributed by atoms with Crippen molar-refractivity contribution in [2.24, 2.45) is 0 Å². The number of sulfone groups is 1. The molecule has 0 unspecified atom stereocenters. The zero-order valence-corrected chi connectivity index (χ0v) is 18.9. The van der Waals surface area contributed by atoms with Gasteiger partial charge in [0.05, 0.1) is 16.9 Å². The van der Waals surface area contributed by atoms with Crippen molar-refractivity contribution in [2.75, 3.05) is 11.1 Å². The number of halogens is 4. The van der Waals surface area contributed by atoms with Gasteiger partial charge in [-0.25, -0.2) is 12.8 Å². The van der Waals surface area contributed by atoms with Crippen LogP contribution in [0.2, 0.25) is 0 Å². The fraction of sp³-hybridized carbons (Fsp3) is 0.409. The third kappa shape index (κ3) is 4.04. The Balaban J connectivity index is 1.60. The van der Waals surface area contributed by atoms with E-state index >= 15 is 0 Å². The zero-order chi connectivity index (χ0) is 24.9. The van der Waals surface area contributed by atoms with Crippen LogP contribution in [0.3, 0.4) is 0 Å². The van der Waals surface area contributed by atoms with Crippen LogP contribution in [0.25, 0.3) is 0 Å². The SMILES string of the molecule is C[C@@]1(c2cc(NC(=O)c3ccc(C(F)(F)F)cn3)ccc2F)CS(=O)(=O)C2(CCCC2)C(=N)N1. The molecule has 2 aliphatic rings. The third-order valence-corrected chi connectivity index (χ3v) is 9.24. The minimum absolute atomic E-state index is 0.0631. The quantitative estimate of drug-likeness (QED) is 0.554. The Morgan fingerprint density at radius 3 is 2.41 bits per heavy atom. The summed E-state index contributed by atoms with van der Waals surface area (Å²) in [5, 5.41) is 13.8. The third-order valence-electron chi connectivity index (χ3n) is 6.48. The van der Waals surface area contributed by atoms with Crippen LogP contribution in [-0.4, -0.2) is 35.6 Å². The van der Waals surface area contributed by atoms with Crippen LogP contribution < -0.4 is 10.6 Å². The highest BCUT2D eigenvalue weighted by atomic mass is 32.2. The molecule has 1 aromatic heterocycles. The number of rotatable bonds is 3. The van der Waals surface area contributed by atoms with Crippen LogP contribution in [0.5, 0.6) is 0 Å². The van der Waals surface area contributed by atoms with Crippen molar-refractivity contribution in [3.05, 3.63) is 59.2 Å². The number of alkyl halides is 3. The molecule has 0 bridgehead atoms. The predicted molar refractivity (Wildman–Crippen MR) is 117 cm³/mol. The van der Waals surface area contributed by atoms with Gasteiger partial charge in [-0.1, -0.05) is 12.8 Å². The van der Waals surface area contributed by atoms with Crippen LogP contribution in [0.15, 0.2) is 36.5 Å². The smallest absolute Gasteiger partial charge is 0.362 e. The number of amidine groups is 1. The summed E-state index contributed by atoms with van der Waals surface area (Å²) in [6.45, 7) is 1.47. The predicted octanol–water partition coefficient (Wildman–Crippen LogP) is 4.02. The molecule has 1 aliphatic carbocycles. The van der Waals surface area contributed by atoms with E-state index in [0.717, 1.165) is 18.2 Å². The Bertz CT molecular complexity index is 1260. The highest BCUT2D eigenvalue weighted by Crippen LogP contribution is 2.44. The lowest BCUT2D eigenvalue weighted by atomic mass is 9.90. The Labute approximate surface area is 193 Å². The summed E-state index contributed by atoms with van der Waals surface area (Å²) in [6, 6.07) is 5.18. The Morgan fingerprint density at radius 1 is 1.18 bits per heavy atom. The molecular weight excluding hydrogens is 476 g/mol. The molecule has 7 nitrogen and oxygen atoms in total. The van der Waals surface area contributed by atoms with E-state index in [1.807, 2.05) is 0 Å². The molecule has 1 amide bonds. The fourth-order valence-electron chi connectivity index (χ4n) is 4.67. The van der Waals surface area contributed by atoms with Crippen LogP contribution in [0.4, 0.5) is 23.2 Å². The van der Waals surface area contributed by atoms with Gasteiger partial charge in [0.15, 0.2) is 9.84 Å². The van der Waals surface area contributed by atoms with Gasteiger partial charge in [0, 0.05) is 17.4 Å². The maximum absolute atomic E-state index is 14.8. The summed E-state index contributed by atoms with van der Waals surface area (Å²) < 4.78 is 78.1. The average molecular weight is 499 g/mol. The molecule has 3 N–H and O–H groups in total. The van der Waals surface area contributed by atoms with Crippen LogP contribution in [-0.2, 0) is 21.6 Å². The lowest BCUT2D eigenvalue weighted by molar-refractivity contribution is -0.137. The number of nitrogens with zero attached hydrogens (tertiary/aromatic N) is 1. The molecule has 1 aromatic carbocycles. The van der Waals surface area contributed by atoms with Crippen LogP contribution in [0, 0.1) is 11.2 Å². The molecule has 182 valence electrons. The number of hydrogen-bond acceptors (Lipinski definition) is 5. The van der Waals surface area contributed by atoms with Gasteiger partial charge in [0.25, 0.3) is 5.91 Å². The molecule has 2 heterocycles. The Kier molecular flexibility index (Phi) is 5.70. The highest BCUT2D eigenvalue weighted by molar-refractivity contribution is 7.93. The zero-order valence-electron chi connectivity index (χ0n) is 18.1. The summed E-state index contributed by atoms with van der Waals surface area (Å²) in [6.07, 6.45) is -2.00. The van der Waals surface area contributed by atoms with E-state index in [1.54, 1.807) is 0 Å². The molecule has 1 aliphatic heterocycles. The molecule has 2 fully saturated rings. The van der Waals surface area contributed by atoms with E-state index in [0.29, 0.717) is 31.9 Å². The number of anilines is 1. The minimum atomic E-state index is -4.60. The summed E-state index contributed by atoms with van der Waals surface area (Å²) in [4.78, 5) is 16.0. The van der Waals surface area contributed by atoms with Crippen LogP contribution in [0.1, 0.15) is 54.2 Å². The molecule has 1 atom stereocenters. The monoisotopic (exact) mass is 498 g/mol. The maximum Gasteiger partial charge on any atom is 0.417 e. The lowest BCUT2D eigenvalue weighted by Crippen LogP contribution is -2.65. The van der Waals surface area contributed by atoms with E-state index in [4.69, 9.17) is 5.41 Å². The first-order chi connectivity index (χ1) is 15.8. The van der Waals surface area contributed by atoms with Crippen LogP contribution >= 0.6 is 0 Å². The number of hydrogen-bond donors (Lipinski definition) is 3. The summed E-state index contributed by atoms with van der Waals surface area (Å²) in [5.41, 5.74) is -2.72. The second kappa shape index (κ2) is 8.03. The van der Waals surface area contributed by atoms with Gasteiger partial charge < -0.3 is 10.6 Å². The standard InChI is InChI=1S/C22H22F4N4O3S/c1-20(12-34(32,33)21(19(27)30-20)8-2-3-9-21)15-10-14(5-6-16(15)23)29-18(31)17-7-4-13(11-28-17)22(24,25)26/h4-7,10-11H,2-3,8-9,12H2,1H3,(H2,27,30)(H,29,31)/t20-/m0/s1. The van der Waals surface area contributed by atoms with Crippen molar-refractivity contribution >= 4 is 27.3 Å². The van der Waals surface area contributed by atoms with Gasteiger partial charge in [-0.3, -0.25) is 15.2 Å². The number of carbonyl (C=O) groups excluding carboxylic acids is 1. The van der Waals surface area contributed by atoms with E-state index in [-0.39, 0.29) is 22.8 Å². The van der Waals surface area contributed by atoms with Gasteiger partial charge in [-0.15, -0.1) is 0 Å². The molecule has 1 saturated heterocycles. The number of amides is 1. The summed E-state index contributed by atoms with van der Waals surface area (Å²) in [7, 11) is -3.78. The van der Waals surface area contributed by atoms with E-state index < -0.39 is 49.3 Å². The number of nitrogens with one attached hydrogen (secondary N) is 3. The largest absolute Gasteiger partial charge is 0.417 e. The van der Waals surface area contributed by atoms with Gasteiger partial charge in [-0.2, -0.15) is 13.2 Å². The normalized spacial score (nSPS) is 23.5. The second-order valence-corrected chi connectivity index (χ2v) is 11.2. The fourth-order valence-corrected chi connectivity index (χ4v) is 7.21. The molecule has 4 rings (SSSR count). The molecule has 0 radical (unpaired) electrons. The van der Waals surface area contributed by atoms with Gasteiger partial charge in [0.2, 0.25) is 0 Å². The minimum Gasteiger partial charge on any atom is -0.362 e. The molecule has 1 saturated carbocycles. The van der Waals surface area contributed by atoms with Crippen molar-refractivity contribution < 1.29 is 30.8 Å². The number of aromatic nitrogens is 1. The van der Waals surface area contributed by atoms with Crippen molar-refractivity contribution in [2.45, 2.75) is 49.1 Å². The second-order valence-electron chi connectivity index (χ2n) is 8.87.